The maximum atomic E-state index is 6.22. The summed E-state index contributed by atoms with van der Waals surface area (Å²) in [6.45, 7) is 3.36. The Bertz CT molecular complexity index is 1640. The van der Waals surface area contributed by atoms with Gasteiger partial charge in [0.15, 0.2) is 0 Å². The molecular formula is C32H29N5O2S. The average Bonchev–Trinajstić information content (AvgIpc) is 3.80. The summed E-state index contributed by atoms with van der Waals surface area (Å²) in [5.41, 5.74) is 6.39. The first kappa shape index (κ1) is 24.7. The highest BCUT2D eigenvalue weighted by Crippen LogP contribution is 2.33. The van der Waals surface area contributed by atoms with Crippen LogP contribution in [0.25, 0.3) is 10.2 Å². The van der Waals surface area contributed by atoms with E-state index in [9.17, 15) is 0 Å². The Morgan fingerprint density at radius 3 is 2.62 bits per heavy atom. The van der Waals surface area contributed by atoms with E-state index >= 15 is 0 Å². The van der Waals surface area contributed by atoms with Crippen LogP contribution in [0.4, 0.5) is 0 Å². The van der Waals surface area contributed by atoms with Gasteiger partial charge >= 0.3 is 0 Å². The Morgan fingerprint density at radius 2 is 1.80 bits per heavy atom. The molecule has 0 radical (unpaired) electrons. The van der Waals surface area contributed by atoms with E-state index in [1.54, 1.807) is 11.3 Å². The van der Waals surface area contributed by atoms with Crippen LogP contribution in [0.2, 0.25) is 0 Å². The Balaban J connectivity index is 1.07. The predicted molar refractivity (Wildman–Crippen MR) is 161 cm³/mol. The summed E-state index contributed by atoms with van der Waals surface area (Å²) in [7, 11) is 0. The van der Waals surface area contributed by atoms with Crippen molar-refractivity contribution in [3.63, 3.8) is 0 Å². The SMILES string of the molecule is C1=CC(=C2C=CN=C2c2ccc(C3CCNCC3)n2CCOc2ccc(Oc3nc4ccccc4s3)cc2)N=C1. The first-order valence-corrected chi connectivity index (χ1v) is 14.5. The number of rotatable bonds is 8. The number of benzene rings is 2. The van der Waals surface area contributed by atoms with E-state index in [-0.39, 0.29) is 0 Å². The van der Waals surface area contributed by atoms with E-state index < -0.39 is 0 Å². The average molecular weight is 548 g/mol. The van der Waals surface area contributed by atoms with Crippen LogP contribution in [0, 0.1) is 0 Å². The molecule has 2 aromatic heterocycles. The van der Waals surface area contributed by atoms with Crippen molar-refractivity contribution < 1.29 is 9.47 Å². The topological polar surface area (TPSA) is 73.0 Å². The number of fused-ring (bicyclic) bond motifs is 1. The molecule has 2 aromatic carbocycles. The maximum Gasteiger partial charge on any atom is 0.279 e. The van der Waals surface area contributed by atoms with Crippen molar-refractivity contribution >= 4 is 33.5 Å². The number of para-hydroxylation sites is 1. The molecule has 4 aromatic rings. The van der Waals surface area contributed by atoms with E-state index in [4.69, 9.17) is 14.5 Å². The van der Waals surface area contributed by atoms with Crippen LogP contribution in [0.5, 0.6) is 16.7 Å². The first-order chi connectivity index (χ1) is 19.8. The van der Waals surface area contributed by atoms with E-state index in [2.05, 4.69) is 38.1 Å². The number of nitrogens with one attached hydrogen (secondary N) is 1. The van der Waals surface area contributed by atoms with Crippen LogP contribution in [0.1, 0.15) is 30.1 Å². The molecule has 3 aliphatic heterocycles. The smallest absolute Gasteiger partial charge is 0.279 e. The normalized spacial score (nSPS) is 18.6. The first-order valence-electron chi connectivity index (χ1n) is 13.7. The second-order valence-corrected chi connectivity index (χ2v) is 10.9. The highest BCUT2D eigenvalue weighted by Gasteiger charge is 2.25. The van der Waals surface area contributed by atoms with Gasteiger partial charge in [-0.2, -0.15) is 0 Å². The fourth-order valence-corrected chi connectivity index (χ4v) is 6.31. The lowest BCUT2D eigenvalue weighted by Gasteiger charge is -2.25. The van der Waals surface area contributed by atoms with E-state index in [0.29, 0.717) is 17.7 Å². The Labute approximate surface area is 236 Å². The molecule has 8 heteroatoms. The molecule has 0 bridgehead atoms. The lowest BCUT2D eigenvalue weighted by molar-refractivity contribution is 0.293. The summed E-state index contributed by atoms with van der Waals surface area (Å²) in [6, 6.07) is 20.3. The molecule has 1 N–H and O–H groups in total. The van der Waals surface area contributed by atoms with Crippen molar-refractivity contribution in [2.45, 2.75) is 25.3 Å². The zero-order valence-corrected chi connectivity index (χ0v) is 22.8. The summed E-state index contributed by atoms with van der Waals surface area (Å²) < 4.78 is 15.7. The molecule has 0 amide bonds. The molecule has 7 nitrogen and oxygen atoms in total. The maximum absolute atomic E-state index is 6.22. The van der Waals surface area contributed by atoms with Gasteiger partial charge in [-0.1, -0.05) is 23.5 Å². The molecule has 0 atom stereocenters. The number of allylic oxidation sites excluding steroid dienone is 4. The van der Waals surface area contributed by atoms with Crippen LogP contribution in [0.3, 0.4) is 0 Å². The van der Waals surface area contributed by atoms with E-state index in [1.807, 2.05) is 73.1 Å². The van der Waals surface area contributed by atoms with Crippen LogP contribution >= 0.6 is 11.3 Å². The van der Waals surface area contributed by atoms with Gasteiger partial charge in [0.1, 0.15) is 18.1 Å². The standard InChI is InChI=1S/C32H29N5O2S/c1-2-6-30-27(4-1)36-32(40-30)39-24-9-7-23(8-10-24)38-21-20-37-28(22-13-17-33-18-14-22)11-12-29(37)31-25(15-19-35-31)26-5-3-16-34-26/h1-12,15-16,19,22,33H,13-14,17-18,20-21H2. The minimum atomic E-state index is 0.518. The zero-order chi connectivity index (χ0) is 26.7. The number of ether oxygens (including phenoxy) is 2. The second kappa shape index (κ2) is 11.1. The fourth-order valence-electron chi connectivity index (χ4n) is 5.47. The third kappa shape index (κ3) is 5.03. The van der Waals surface area contributed by atoms with Gasteiger partial charge in [-0.05, 0) is 92.7 Å². The van der Waals surface area contributed by atoms with Crippen LogP contribution in [-0.2, 0) is 6.54 Å². The van der Waals surface area contributed by atoms with Crippen LogP contribution < -0.4 is 14.8 Å². The quantitative estimate of drug-likeness (QED) is 0.268. The summed E-state index contributed by atoms with van der Waals surface area (Å²) in [5.74, 6) is 2.06. The molecule has 5 heterocycles. The van der Waals surface area contributed by atoms with Crippen molar-refractivity contribution in [3.05, 3.63) is 108 Å². The summed E-state index contributed by atoms with van der Waals surface area (Å²) >= 11 is 1.54. The molecule has 1 saturated heterocycles. The summed E-state index contributed by atoms with van der Waals surface area (Å²) in [6.07, 6.45) is 12.0. The molecular weight excluding hydrogens is 518 g/mol. The third-order valence-electron chi connectivity index (χ3n) is 7.43. The Hall–Kier alpha value is -4.27. The zero-order valence-electron chi connectivity index (χ0n) is 22.0. The Morgan fingerprint density at radius 1 is 0.950 bits per heavy atom. The second-order valence-electron chi connectivity index (χ2n) is 9.92. The molecule has 0 unspecified atom stereocenters. The van der Waals surface area contributed by atoms with Crippen molar-refractivity contribution in [2.24, 2.45) is 9.98 Å². The molecule has 3 aliphatic rings. The summed E-state index contributed by atoms with van der Waals surface area (Å²) in [5, 5.41) is 4.13. The van der Waals surface area contributed by atoms with E-state index in [1.165, 1.54) is 5.69 Å². The Kier molecular flexibility index (Phi) is 6.85. The number of nitrogens with zero attached hydrogens (tertiary/aromatic N) is 4. The molecule has 0 saturated carbocycles. The molecule has 1 fully saturated rings. The van der Waals surface area contributed by atoms with Gasteiger partial charge in [0.2, 0.25) is 0 Å². The van der Waals surface area contributed by atoms with Gasteiger partial charge < -0.3 is 19.4 Å². The van der Waals surface area contributed by atoms with E-state index in [0.717, 1.165) is 76.9 Å². The van der Waals surface area contributed by atoms with Crippen molar-refractivity contribution in [2.75, 3.05) is 19.7 Å². The number of aliphatic imine (C=N–C) groups is 2. The lowest BCUT2D eigenvalue weighted by Crippen LogP contribution is -2.28. The van der Waals surface area contributed by atoms with Crippen molar-refractivity contribution in [1.82, 2.24) is 14.9 Å². The van der Waals surface area contributed by atoms with Gasteiger partial charge in [0.25, 0.3) is 5.19 Å². The largest absolute Gasteiger partial charge is 0.492 e. The minimum absolute atomic E-state index is 0.518. The third-order valence-corrected chi connectivity index (χ3v) is 8.35. The monoisotopic (exact) mass is 547 g/mol. The minimum Gasteiger partial charge on any atom is -0.492 e. The number of hydrogen-bond donors (Lipinski definition) is 1. The van der Waals surface area contributed by atoms with Crippen LogP contribution in [0.15, 0.2) is 106 Å². The van der Waals surface area contributed by atoms with Gasteiger partial charge in [-0.15, -0.1) is 0 Å². The van der Waals surface area contributed by atoms with Crippen molar-refractivity contribution in [3.8, 4) is 16.7 Å². The molecule has 0 spiro atoms. The van der Waals surface area contributed by atoms with Crippen LogP contribution in [-0.4, -0.2) is 41.2 Å². The van der Waals surface area contributed by atoms with Crippen molar-refractivity contribution in [1.29, 1.82) is 0 Å². The lowest BCUT2D eigenvalue weighted by atomic mass is 9.94. The molecule has 7 rings (SSSR count). The number of aromatic nitrogens is 2. The molecule has 0 aliphatic carbocycles. The summed E-state index contributed by atoms with van der Waals surface area (Å²) in [4.78, 5) is 13.8. The molecule has 40 heavy (non-hydrogen) atoms. The molecule has 200 valence electrons. The van der Waals surface area contributed by atoms with Gasteiger partial charge in [-0.3, -0.25) is 9.98 Å². The number of piperidine rings is 1. The van der Waals surface area contributed by atoms with Gasteiger partial charge in [0.05, 0.1) is 33.9 Å². The fraction of sp³-hybridized carbons (Fsp3) is 0.219. The van der Waals surface area contributed by atoms with Gasteiger partial charge in [0, 0.05) is 29.6 Å². The highest BCUT2D eigenvalue weighted by atomic mass is 32.1. The predicted octanol–water partition coefficient (Wildman–Crippen LogP) is 6.65. The number of hydrogen-bond acceptors (Lipinski definition) is 7. The highest BCUT2D eigenvalue weighted by molar-refractivity contribution is 7.20. The van der Waals surface area contributed by atoms with Gasteiger partial charge in [-0.25, -0.2) is 4.98 Å². The number of thiazole rings is 1.